The lowest BCUT2D eigenvalue weighted by molar-refractivity contribution is 0.881. The summed E-state index contributed by atoms with van der Waals surface area (Å²) in [6.07, 6.45) is 0. The van der Waals surface area contributed by atoms with Gasteiger partial charge in [0.05, 0.1) is 10.9 Å². The van der Waals surface area contributed by atoms with Crippen LogP contribution in [0.2, 0.25) is 0 Å². The standard InChI is InChI=1S/C11H7N7O/c19-11-6-3-1-2-4-7(6)12-9-5-8(15-18(9)11)10-13-16-17-14-10/h1-5,12H,(H,13,14,16,17). The molecule has 0 fully saturated rings. The van der Waals surface area contributed by atoms with Crippen LogP contribution in [-0.2, 0) is 0 Å². The fraction of sp³-hybridized carbons (Fsp3) is 0. The van der Waals surface area contributed by atoms with E-state index in [1.807, 2.05) is 18.2 Å². The lowest BCUT2D eigenvalue weighted by Crippen LogP contribution is -2.15. The van der Waals surface area contributed by atoms with E-state index >= 15 is 0 Å². The highest BCUT2D eigenvalue weighted by Gasteiger charge is 2.11. The van der Waals surface area contributed by atoms with E-state index in [1.54, 1.807) is 12.1 Å². The number of aromatic nitrogens is 7. The zero-order valence-electron chi connectivity index (χ0n) is 9.53. The summed E-state index contributed by atoms with van der Waals surface area (Å²) >= 11 is 0. The monoisotopic (exact) mass is 253 g/mol. The van der Waals surface area contributed by atoms with Crippen LogP contribution in [0.15, 0.2) is 35.1 Å². The summed E-state index contributed by atoms with van der Waals surface area (Å²) in [5.74, 6) is 0.417. The highest BCUT2D eigenvalue weighted by atomic mass is 16.1. The molecule has 1 aromatic carbocycles. The molecule has 8 heteroatoms. The second kappa shape index (κ2) is 3.48. The van der Waals surface area contributed by atoms with E-state index in [9.17, 15) is 4.79 Å². The van der Waals surface area contributed by atoms with Gasteiger partial charge in [-0.25, -0.2) is 5.10 Å². The molecular formula is C11H7N7O. The second-order valence-electron chi connectivity index (χ2n) is 4.05. The molecule has 2 N–H and O–H groups in total. The maximum Gasteiger partial charge on any atom is 0.282 e. The molecule has 3 heterocycles. The maximum absolute atomic E-state index is 12.3. The molecule has 0 bridgehead atoms. The number of nitrogens with one attached hydrogen (secondary N) is 2. The number of para-hydroxylation sites is 1. The van der Waals surface area contributed by atoms with Gasteiger partial charge < -0.3 is 4.98 Å². The first-order chi connectivity index (χ1) is 9.33. The highest BCUT2D eigenvalue weighted by molar-refractivity contribution is 5.79. The molecule has 0 saturated heterocycles. The van der Waals surface area contributed by atoms with Crippen LogP contribution in [0.4, 0.5) is 0 Å². The highest BCUT2D eigenvalue weighted by Crippen LogP contribution is 2.14. The molecule has 3 aromatic heterocycles. The average molecular weight is 253 g/mol. The van der Waals surface area contributed by atoms with Crippen LogP contribution in [0.5, 0.6) is 0 Å². The number of hydrogen-bond donors (Lipinski definition) is 2. The number of aromatic amines is 2. The molecule has 0 aliphatic heterocycles. The normalized spacial score (nSPS) is 11.4. The summed E-state index contributed by atoms with van der Waals surface area (Å²) in [5, 5.41) is 18.1. The van der Waals surface area contributed by atoms with Crippen molar-refractivity contribution in [1.82, 2.24) is 35.2 Å². The molecule has 0 amide bonds. The molecule has 0 saturated carbocycles. The third-order valence-corrected chi connectivity index (χ3v) is 2.91. The van der Waals surface area contributed by atoms with Crippen molar-refractivity contribution < 1.29 is 0 Å². The van der Waals surface area contributed by atoms with E-state index in [4.69, 9.17) is 0 Å². The van der Waals surface area contributed by atoms with Gasteiger partial charge in [0.25, 0.3) is 5.56 Å². The average Bonchev–Trinajstić information content (AvgIpc) is 3.07. The molecule has 4 aromatic rings. The summed E-state index contributed by atoms with van der Waals surface area (Å²) in [6, 6.07) is 9.00. The number of fused-ring (bicyclic) bond motifs is 2. The van der Waals surface area contributed by atoms with Crippen molar-refractivity contribution in [2.45, 2.75) is 0 Å². The number of benzene rings is 1. The van der Waals surface area contributed by atoms with Crippen LogP contribution < -0.4 is 5.56 Å². The number of tetrazole rings is 1. The molecule has 8 nitrogen and oxygen atoms in total. The van der Waals surface area contributed by atoms with Crippen molar-refractivity contribution >= 4 is 16.6 Å². The van der Waals surface area contributed by atoms with Crippen LogP contribution in [0, 0.1) is 0 Å². The minimum Gasteiger partial charge on any atom is -0.339 e. The quantitative estimate of drug-likeness (QED) is 0.509. The van der Waals surface area contributed by atoms with E-state index in [1.165, 1.54) is 4.52 Å². The van der Waals surface area contributed by atoms with Gasteiger partial charge in [0, 0.05) is 6.07 Å². The van der Waals surface area contributed by atoms with Crippen molar-refractivity contribution in [3.63, 3.8) is 0 Å². The minimum atomic E-state index is -0.178. The van der Waals surface area contributed by atoms with Gasteiger partial charge >= 0.3 is 0 Å². The van der Waals surface area contributed by atoms with Crippen LogP contribution in [0.25, 0.3) is 28.1 Å². The SMILES string of the molecule is O=c1c2ccccc2[nH]c2cc(-c3nnn[nH]3)nn12. The maximum atomic E-state index is 12.3. The second-order valence-corrected chi connectivity index (χ2v) is 4.05. The summed E-state index contributed by atoms with van der Waals surface area (Å²) in [7, 11) is 0. The molecule has 0 atom stereocenters. The van der Waals surface area contributed by atoms with Crippen LogP contribution in [-0.4, -0.2) is 35.2 Å². The smallest absolute Gasteiger partial charge is 0.282 e. The Kier molecular flexibility index (Phi) is 1.82. The van der Waals surface area contributed by atoms with Crippen molar-refractivity contribution in [2.24, 2.45) is 0 Å². The molecule has 0 aliphatic carbocycles. The van der Waals surface area contributed by atoms with Crippen molar-refractivity contribution in [2.75, 3.05) is 0 Å². The Hall–Kier alpha value is -3.03. The summed E-state index contributed by atoms with van der Waals surface area (Å²) in [4.78, 5) is 15.4. The van der Waals surface area contributed by atoms with Gasteiger partial charge in [-0.05, 0) is 22.6 Å². The van der Waals surface area contributed by atoms with Crippen molar-refractivity contribution in [3.05, 3.63) is 40.7 Å². The third kappa shape index (κ3) is 1.36. The summed E-state index contributed by atoms with van der Waals surface area (Å²) in [5.41, 5.74) is 1.69. The van der Waals surface area contributed by atoms with Gasteiger partial charge in [-0.15, -0.1) is 5.10 Å². The topological polar surface area (TPSA) is 105 Å². The van der Waals surface area contributed by atoms with Crippen molar-refractivity contribution in [3.8, 4) is 11.5 Å². The Morgan fingerprint density at radius 1 is 1.21 bits per heavy atom. The lowest BCUT2D eigenvalue weighted by atomic mass is 10.2. The van der Waals surface area contributed by atoms with Gasteiger partial charge in [0.2, 0.25) is 0 Å². The Balaban J connectivity index is 2.11. The van der Waals surface area contributed by atoms with Gasteiger partial charge in [-0.1, -0.05) is 12.1 Å². The minimum absolute atomic E-state index is 0.178. The van der Waals surface area contributed by atoms with Gasteiger partial charge in [0.15, 0.2) is 5.82 Å². The fourth-order valence-corrected chi connectivity index (χ4v) is 2.04. The van der Waals surface area contributed by atoms with Crippen LogP contribution in [0.3, 0.4) is 0 Å². The predicted molar refractivity (Wildman–Crippen MR) is 66.5 cm³/mol. The van der Waals surface area contributed by atoms with Crippen LogP contribution >= 0.6 is 0 Å². The number of rotatable bonds is 1. The molecule has 0 unspecified atom stereocenters. The summed E-state index contributed by atoms with van der Waals surface area (Å²) in [6.45, 7) is 0. The number of H-pyrrole nitrogens is 2. The molecule has 0 aliphatic rings. The van der Waals surface area contributed by atoms with Gasteiger partial charge in [-0.2, -0.15) is 9.61 Å². The molecule has 92 valence electrons. The van der Waals surface area contributed by atoms with Crippen LogP contribution in [0.1, 0.15) is 0 Å². The first kappa shape index (κ1) is 9.95. The van der Waals surface area contributed by atoms with E-state index in [-0.39, 0.29) is 5.56 Å². The first-order valence-electron chi connectivity index (χ1n) is 5.58. The van der Waals surface area contributed by atoms with Gasteiger partial charge in [0.1, 0.15) is 11.3 Å². The Bertz CT molecular complexity index is 935. The van der Waals surface area contributed by atoms with E-state index < -0.39 is 0 Å². The Morgan fingerprint density at radius 2 is 2.11 bits per heavy atom. The zero-order chi connectivity index (χ0) is 12.8. The molecule has 0 radical (unpaired) electrons. The Morgan fingerprint density at radius 3 is 2.95 bits per heavy atom. The van der Waals surface area contributed by atoms with E-state index in [2.05, 4.69) is 30.7 Å². The first-order valence-corrected chi connectivity index (χ1v) is 5.58. The lowest BCUT2D eigenvalue weighted by Gasteiger charge is -1.98. The van der Waals surface area contributed by atoms with E-state index in [0.29, 0.717) is 22.6 Å². The summed E-state index contributed by atoms with van der Waals surface area (Å²) < 4.78 is 1.31. The number of nitrogens with zero attached hydrogens (tertiary/aromatic N) is 5. The third-order valence-electron chi connectivity index (χ3n) is 2.91. The largest absolute Gasteiger partial charge is 0.339 e. The molecular weight excluding hydrogens is 246 g/mol. The fourth-order valence-electron chi connectivity index (χ4n) is 2.04. The zero-order valence-corrected chi connectivity index (χ0v) is 9.53. The predicted octanol–water partition coefficient (Wildman–Crippen LogP) is 0.356. The van der Waals surface area contributed by atoms with Crippen molar-refractivity contribution in [1.29, 1.82) is 0 Å². The molecule has 0 spiro atoms. The van der Waals surface area contributed by atoms with E-state index in [0.717, 1.165) is 5.52 Å². The van der Waals surface area contributed by atoms with Gasteiger partial charge in [-0.3, -0.25) is 4.79 Å². The molecule has 4 rings (SSSR count). The Labute approximate surface area is 105 Å². The molecule has 19 heavy (non-hydrogen) atoms. The number of hydrogen-bond acceptors (Lipinski definition) is 5.